The molecule has 148 valence electrons. The number of nitrogens with one attached hydrogen (secondary N) is 2. The zero-order valence-electron chi connectivity index (χ0n) is 18.0. The van der Waals surface area contributed by atoms with E-state index < -0.39 is 6.50 Å². The van der Waals surface area contributed by atoms with Crippen molar-refractivity contribution < 1.29 is 7.54 Å². The summed E-state index contributed by atoms with van der Waals surface area (Å²) in [6, 6.07) is 9.12. The fraction of sp³-hybridized carbons (Fsp3) is 0.476. The van der Waals surface area contributed by atoms with Crippen molar-refractivity contribution in [3.05, 3.63) is 48.4 Å². The van der Waals surface area contributed by atoms with Gasteiger partial charge in [0.2, 0.25) is 0 Å². The van der Waals surface area contributed by atoms with Gasteiger partial charge in [-0.2, -0.15) is 0 Å². The Morgan fingerprint density at radius 2 is 1.96 bits per heavy atom. The molecule has 2 aromatic rings. The summed E-state index contributed by atoms with van der Waals surface area (Å²) in [4.78, 5) is 25.2. The molecule has 0 spiro atoms. The van der Waals surface area contributed by atoms with Gasteiger partial charge in [-0.05, 0) is 56.6 Å². The Morgan fingerprint density at radius 1 is 1.14 bits per heavy atom. The third kappa shape index (κ3) is 4.66. The summed E-state index contributed by atoms with van der Waals surface area (Å²) in [6.45, 7) is 2.59. The molecule has 0 saturated carbocycles. The molecule has 2 aliphatic heterocycles. The smallest absolute Gasteiger partial charge is 0.274 e. The first-order chi connectivity index (χ1) is 14.5. The Hall–Kier alpha value is -2.51. The molecule has 2 fully saturated rings. The minimum Gasteiger partial charge on any atom is -0.355 e. The van der Waals surface area contributed by atoms with Gasteiger partial charge in [0.05, 0.1) is 0 Å². The van der Waals surface area contributed by atoms with Crippen LogP contribution in [0.25, 0.3) is 0 Å². The molecule has 2 saturated heterocycles. The number of carbonyl (C=O) groups is 1. The molecule has 2 aromatic heterocycles. The van der Waals surface area contributed by atoms with E-state index in [-0.39, 0.29) is 11.6 Å². The predicted molar refractivity (Wildman–Crippen MR) is 111 cm³/mol. The maximum Gasteiger partial charge on any atom is 0.274 e. The van der Waals surface area contributed by atoms with Crippen molar-refractivity contribution in [1.82, 2.24) is 20.2 Å². The quantitative estimate of drug-likeness (QED) is 0.843. The molecule has 2 N–H and O–H groups in total. The van der Waals surface area contributed by atoms with Gasteiger partial charge in [-0.1, -0.05) is 6.07 Å². The lowest BCUT2D eigenvalue weighted by atomic mass is 10.0. The van der Waals surface area contributed by atoms with E-state index in [4.69, 9.17) is 2.74 Å². The highest BCUT2D eigenvalue weighted by molar-refractivity contribution is 6.03. The second-order valence-electron chi connectivity index (χ2n) is 7.15. The summed E-state index contributed by atoms with van der Waals surface area (Å²) in [6.07, 6.45) is 5.84. The number of aromatic nitrogens is 2. The number of anilines is 2. The molecule has 4 rings (SSSR count). The highest BCUT2D eigenvalue weighted by Gasteiger charge is 2.24. The van der Waals surface area contributed by atoms with Crippen LogP contribution in [-0.2, 0) is 0 Å². The second-order valence-corrected chi connectivity index (χ2v) is 7.15. The van der Waals surface area contributed by atoms with E-state index in [2.05, 4.69) is 25.5 Å². The molecule has 0 aromatic carbocycles. The Morgan fingerprint density at radius 3 is 2.79 bits per heavy atom. The number of carbonyl (C=O) groups excluding carboxylic acids is 1. The van der Waals surface area contributed by atoms with Crippen LogP contribution in [0, 0.1) is 0 Å². The van der Waals surface area contributed by atoms with E-state index in [1.54, 1.807) is 47.6 Å². The molecule has 2 aliphatic rings. The predicted octanol–water partition coefficient (Wildman–Crippen LogP) is 1.99. The van der Waals surface area contributed by atoms with Crippen LogP contribution in [0.2, 0.25) is 0 Å². The normalized spacial score (nSPS) is 22.1. The first-order valence-electron chi connectivity index (χ1n) is 10.9. The third-order valence-corrected chi connectivity index (χ3v) is 5.32. The lowest BCUT2D eigenvalue weighted by Gasteiger charge is -2.33. The molecule has 0 aliphatic carbocycles. The molecule has 0 atom stereocenters. The summed E-state index contributed by atoms with van der Waals surface area (Å²) < 4.78 is 17.3. The van der Waals surface area contributed by atoms with Crippen LogP contribution in [0.5, 0.6) is 0 Å². The molecular weight excluding hydrogens is 352 g/mol. The number of nitrogens with zero attached hydrogens (tertiary/aromatic N) is 4. The third-order valence-electron chi connectivity index (χ3n) is 5.32. The van der Waals surface area contributed by atoms with Crippen molar-refractivity contribution in [1.29, 1.82) is 0 Å². The molecule has 1 amide bonds. The summed E-state index contributed by atoms with van der Waals surface area (Å²) in [5.74, 6) is 0.171. The van der Waals surface area contributed by atoms with Gasteiger partial charge in [-0.3, -0.25) is 14.7 Å². The largest absolute Gasteiger partial charge is 0.355 e. The summed E-state index contributed by atoms with van der Waals surface area (Å²) in [5.41, 5.74) is 0.907. The van der Waals surface area contributed by atoms with Crippen LogP contribution in [0.3, 0.4) is 0 Å². The van der Waals surface area contributed by atoms with Gasteiger partial charge in [0.25, 0.3) is 5.91 Å². The lowest BCUT2D eigenvalue weighted by molar-refractivity contribution is 0.102. The van der Waals surface area contributed by atoms with Crippen molar-refractivity contribution in [2.75, 3.05) is 49.4 Å². The van der Waals surface area contributed by atoms with Crippen LogP contribution in [-0.4, -0.2) is 66.0 Å². The zero-order valence-corrected chi connectivity index (χ0v) is 16.0. The number of hydrogen-bond acceptors (Lipinski definition) is 6. The summed E-state index contributed by atoms with van der Waals surface area (Å²) in [5, 5.41) is 6.20. The van der Waals surface area contributed by atoms with Crippen molar-refractivity contribution >= 4 is 17.4 Å². The molecule has 0 unspecified atom stereocenters. The average Bonchev–Trinajstić information content (AvgIpc) is 2.93. The molecule has 7 nitrogen and oxygen atoms in total. The van der Waals surface area contributed by atoms with E-state index in [1.165, 1.54) is 0 Å². The SMILES string of the molecule is [2H]C1([2H])CCN(C2CCNCC2)CCN1c1cccc(C(=O)Nc2ccncc2)n1. The molecule has 4 heterocycles. The van der Waals surface area contributed by atoms with Gasteiger partial charge in [-0.25, -0.2) is 4.98 Å². The molecule has 28 heavy (non-hydrogen) atoms. The van der Waals surface area contributed by atoms with Crippen LogP contribution < -0.4 is 15.5 Å². The van der Waals surface area contributed by atoms with Crippen LogP contribution in [0.15, 0.2) is 42.7 Å². The molecular formula is C21H28N6O. The second kappa shape index (κ2) is 9.12. The minimum atomic E-state index is -1.52. The van der Waals surface area contributed by atoms with Crippen molar-refractivity contribution in [2.24, 2.45) is 0 Å². The van der Waals surface area contributed by atoms with E-state index in [9.17, 15) is 4.79 Å². The number of piperidine rings is 1. The Labute approximate surface area is 169 Å². The maximum absolute atomic E-state index is 12.6. The number of hydrogen-bond donors (Lipinski definition) is 2. The van der Waals surface area contributed by atoms with E-state index in [1.807, 2.05) is 0 Å². The number of rotatable bonds is 4. The van der Waals surface area contributed by atoms with Crippen molar-refractivity contribution in [3.8, 4) is 0 Å². The summed E-state index contributed by atoms with van der Waals surface area (Å²) in [7, 11) is 0. The van der Waals surface area contributed by atoms with Gasteiger partial charge in [-0.15, -0.1) is 0 Å². The van der Waals surface area contributed by atoms with Crippen LogP contribution in [0.1, 0.15) is 32.5 Å². The monoisotopic (exact) mass is 382 g/mol. The Bertz CT molecular complexity index is 860. The van der Waals surface area contributed by atoms with Crippen molar-refractivity contribution in [2.45, 2.75) is 25.3 Å². The van der Waals surface area contributed by atoms with E-state index >= 15 is 0 Å². The molecule has 0 radical (unpaired) electrons. The van der Waals surface area contributed by atoms with Crippen LogP contribution >= 0.6 is 0 Å². The molecule has 7 heteroatoms. The van der Waals surface area contributed by atoms with Crippen LogP contribution in [0.4, 0.5) is 11.5 Å². The van der Waals surface area contributed by atoms with Crippen molar-refractivity contribution in [3.63, 3.8) is 0 Å². The minimum absolute atomic E-state index is 0.263. The molecule has 0 bridgehead atoms. The highest BCUT2D eigenvalue weighted by Crippen LogP contribution is 2.19. The van der Waals surface area contributed by atoms with Gasteiger partial charge >= 0.3 is 0 Å². The van der Waals surface area contributed by atoms with Gasteiger partial charge in [0, 0.05) is 53.0 Å². The van der Waals surface area contributed by atoms with Gasteiger partial charge < -0.3 is 15.5 Å². The highest BCUT2D eigenvalue weighted by atomic mass is 16.1. The Balaban J connectivity index is 1.49. The van der Waals surface area contributed by atoms with Gasteiger partial charge in [0.15, 0.2) is 0 Å². The van der Waals surface area contributed by atoms with E-state index in [0.717, 1.165) is 39.0 Å². The fourth-order valence-corrected chi connectivity index (χ4v) is 3.81. The first kappa shape index (κ1) is 16.4. The number of amides is 1. The average molecular weight is 383 g/mol. The topological polar surface area (TPSA) is 73.4 Å². The van der Waals surface area contributed by atoms with Gasteiger partial charge in [0.1, 0.15) is 11.5 Å². The Kier molecular flexibility index (Phi) is 5.36. The first-order valence-corrected chi connectivity index (χ1v) is 9.94. The maximum atomic E-state index is 12.6. The summed E-state index contributed by atoms with van der Waals surface area (Å²) >= 11 is 0. The zero-order chi connectivity index (χ0) is 21.0. The number of pyridine rings is 2. The standard InChI is InChI=1S/C21H28N6O/c28-21(24-17-5-9-22-10-6-17)19-3-1-4-20(25-19)27-14-2-13-26(15-16-27)18-7-11-23-12-8-18/h1,3-6,9-10,18,23H,2,7-8,11-16H2,(H,22,24,28)/i14D2. The lowest BCUT2D eigenvalue weighted by Crippen LogP contribution is -2.44. The van der Waals surface area contributed by atoms with E-state index in [0.29, 0.717) is 30.5 Å². The fourth-order valence-electron chi connectivity index (χ4n) is 3.81.